The molecule has 0 spiro atoms. The fourth-order valence-electron chi connectivity index (χ4n) is 2.19. The summed E-state index contributed by atoms with van der Waals surface area (Å²) in [7, 11) is 0. The zero-order valence-corrected chi connectivity index (χ0v) is 12.9. The molecule has 0 saturated carbocycles. The average Bonchev–Trinajstić information content (AvgIpc) is 2.40. The Kier molecular flexibility index (Phi) is 7.09. The third-order valence-corrected chi connectivity index (χ3v) is 3.33. The van der Waals surface area contributed by atoms with Crippen molar-refractivity contribution in [2.24, 2.45) is 0 Å². The summed E-state index contributed by atoms with van der Waals surface area (Å²) in [5.74, 6) is 0.100. The van der Waals surface area contributed by atoms with E-state index in [0.29, 0.717) is 6.54 Å². The molecule has 1 aromatic rings. The summed E-state index contributed by atoms with van der Waals surface area (Å²) in [6.45, 7) is 8.31. The number of hydrogen-bond donors (Lipinski definition) is 2. The van der Waals surface area contributed by atoms with Crippen molar-refractivity contribution in [3.8, 4) is 0 Å². The smallest absolute Gasteiger partial charge is 0.234 e. The number of nitrogen functional groups attached to an aromatic ring is 1. The van der Waals surface area contributed by atoms with Crippen molar-refractivity contribution < 1.29 is 4.79 Å². The van der Waals surface area contributed by atoms with Crippen molar-refractivity contribution in [1.82, 2.24) is 10.2 Å². The highest BCUT2D eigenvalue weighted by molar-refractivity contribution is 5.78. The Morgan fingerprint density at radius 1 is 1.30 bits per heavy atom. The number of amides is 1. The molecule has 0 aliphatic rings. The van der Waals surface area contributed by atoms with E-state index in [9.17, 15) is 4.79 Å². The van der Waals surface area contributed by atoms with Gasteiger partial charge in [-0.15, -0.1) is 0 Å². The normalized spacial score (nSPS) is 12.4. The zero-order valence-electron chi connectivity index (χ0n) is 12.9. The Hall–Kier alpha value is -1.55. The standard InChI is InChI=1S/C16H27N3O/c1-4-6-13(3)18-16(20)12-19(5-2)11-14-7-9-15(17)10-8-14/h7-10,13H,4-6,11-12,17H2,1-3H3,(H,18,20). The second-order valence-electron chi connectivity index (χ2n) is 5.30. The van der Waals surface area contributed by atoms with Gasteiger partial charge >= 0.3 is 0 Å². The van der Waals surface area contributed by atoms with E-state index in [2.05, 4.69) is 31.0 Å². The summed E-state index contributed by atoms with van der Waals surface area (Å²) in [5.41, 5.74) is 7.62. The summed E-state index contributed by atoms with van der Waals surface area (Å²) in [6.07, 6.45) is 2.11. The molecule has 1 amide bonds. The van der Waals surface area contributed by atoms with Gasteiger partial charge < -0.3 is 11.1 Å². The fraction of sp³-hybridized carbons (Fsp3) is 0.562. The van der Waals surface area contributed by atoms with Crippen molar-refractivity contribution in [2.45, 2.75) is 46.2 Å². The van der Waals surface area contributed by atoms with E-state index in [-0.39, 0.29) is 11.9 Å². The maximum atomic E-state index is 12.0. The molecule has 1 atom stereocenters. The highest BCUT2D eigenvalue weighted by atomic mass is 16.2. The van der Waals surface area contributed by atoms with Crippen LogP contribution in [0.25, 0.3) is 0 Å². The van der Waals surface area contributed by atoms with Crippen LogP contribution < -0.4 is 11.1 Å². The molecular weight excluding hydrogens is 250 g/mol. The lowest BCUT2D eigenvalue weighted by atomic mass is 10.2. The van der Waals surface area contributed by atoms with Crippen LogP contribution in [0.2, 0.25) is 0 Å². The van der Waals surface area contributed by atoms with Crippen LogP contribution in [0.1, 0.15) is 39.2 Å². The quantitative estimate of drug-likeness (QED) is 0.717. The Balaban J connectivity index is 2.46. The van der Waals surface area contributed by atoms with Gasteiger partial charge in [0, 0.05) is 18.3 Å². The first-order valence-electron chi connectivity index (χ1n) is 7.41. The SMILES string of the molecule is CCCC(C)NC(=O)CN(CC)Cc1ccc(N)cc1. The molecule has 1 rings (SSSR count). The van der Waals surface area contributed by atoms with Crippen LogP contribution in [0.3, 0.4) is 0 Å². The number of carbonyl (C=O) groups excluding carboxylic acids is 1. The predicted molar refractivity (Wildman–Crippen MR) is 84.3 cm³/mol. The van der Waals surface area contributed by atoms with Gasteiger partial charge in [-0.2, -0.15) is 0 Å². The Bertz CT molecular complexity index is 403. The van der Waals surface area contributed by atoms with Crippen LogP contribution in [0.4, 0.5) is 5.69 Å². The third kappa shape index (κ3) is 6.06. The van der Waals surface area contributed by atoms with E-state index in [1.54, 1.807) is 0 Å². The molecule has 3 N–H and O–H groups in total. The number of hydrogen-bond acceptors (Lipinski definition) is 3. The van der Waals surface area contributed by atoms with E-state index in [0.717, 1.165) is 31.6 Å². The molecule has 4 heteroatoms. The van der Waals surface area contributed by atoms with E-state index in [1.165, 1.54) is 5.56 Å². The minimum atomic E-state index is 0.100. The van der Waals surface area contributed by atoms with Crippen molar-refractivity contribution in [2.75, 3.05) is 18.8 Å². The minimum Gasteiger partial charge on any atom is -0.399 e. The fourth-order valence-corrected chi connectivity index (χ4v) is 2.19. The van der Waals surface area contributed by atoms with E-state index < -0.39 is 0 Å². The number of nitrogens with two attached hydrogens (primary N) is 1. The highest BCUT2D eigenvalue weighted by Gasteiger charge is 2.11. The molecule has 112 valence electrons. The summed E-state index contributed by atoms with van der Waals surface area (Å²) in [5, 5.41) is 3.04. The van der Waals surface area contributed by atoms with E-state index in [1.807, 2.05) is 24.3 Å². The predicted octanol–water partition coefficient (Wildman–Crippen LogP) is 2.40. The number of carbonyl (C=O) groups is 1. The van der Waals surface area contributed by atoms with Gasteiger partial charge in [0.25, 0.3) is 0 Å². The third-order valence-electron chi connectivity index (χ3n) is 3.33. The monoisotopic (exact) mass is 277 g/mol. The number of likely N-dealkylation sites (N-methyl/N-ethyl adjacent to an activating group) is 1. The van der Waals surface area contributed by atoms with Crippen molar-refractivity contribution in [3.63, 3.8) is 0 Å². The molecule has 0 saturated heterocycles. The summed E-state index contributed by atoms with van der Waals surface area (Å²) >= 11 is 0. The Labute approximate surface area is 122 Å². The van der Waals surface area contributed by atoms with Crippen LogP contribution in [0.5, 0.6) is 0 Å². The van der Waals surface area contributed by atoms with Gasteiger partial charge in [0.1, 0.15) is 0 Å². The number of nitrogens with zero attached hydrogens (tertiary/aromatic N) is 1. The molecule has 1 unspecified atom stereocenters. The molecule has 0 heterocycles. The summed E-state index contributed by atoms with van der Waals surface area (Å²) in [6, 6.07) is 8.06. The van der Waals surface area contributed by atoms with Gasteiger partial charge in [-0.1, -0.05) is 32.4 Å². The zero-order chi connectivity index (χ0) is 15.0. The van der Waals surface area contributed by atoms with Crippen molar-refractivity contribution >= 4 is 11.6 Å². The average molecular weight is 277 g/mol. The first kappa shape index (κ1) is 16.5. The lowest BCUT2D eigenvalue weighted by Gasteiger charge is -2.21. The van der Waals surface area contributed by atoms with E-state index in [4.69, 9.17) is 5.73 Å². The Morgan fingerprint density at radius 2 is 1.95 bits per heavy atom. The molecule has 0 aromatic heterocycles. The molecule has 4 nitrogen and oxygen atoms in total. The van der Waals surface area contributed by atoms with Crippen LogP contribution in [0.15, 0.2) is 24.3 Å². The number of nitrogens with one attached hydrogen (secondary N) is 1. The number of benzene rings is 1. The molecule has 0 aliphatic carbocycles. The second kappa shape index (κ2) is 8.59. The van der Waals surface area contributed by atoms with E-state index >= 15 is 0 Å². The minimum absolute atomic E-state index is 0.100. The van der Waals surface area contributed by atoms with Gasteiger partial charge in [-0.25, -0.2) is 0 Å². The molecule has 0 aliphatic heterocycles. The van der Waals surface area contributed by atoms with Crippen LogP contribution in [-0.4, -0.2) is 29.9 Å². The summed E-state index contributed by atoms with van der Waals surface area (Å²) in [4.78, 5) is 14.1. The maximum Gasteiger partial charge on any atom is 0.234 e. The van der Waals surface area contributed by atoms with Gasteiger partial charge in [-0.3, -0.25) is 9.69 Å². The lowest BCUT2D eigenvalue weighted by Crippen LogP contribution is -2.40. The highest BCUT2D eigenvalue weighted by Crippen LogP contribution is 2.08. The number of anilines is 1. The Morgan fingerprint density at radius 3 is 2.50 bits per heavy atom. The second-order valence-corrected chi connectivity index (χ2v) is 5.30. The van der Waals surface area contributed by atoms with Crippen LogP contribution >= 0.6 is 0 Å². The molecule has 0 fully saturated rings. The molecule has 0 bridgehead atoms. The van der Waals surface area contributed by atoms with Crippen LogP contribution in [-0.2, 0) is 11.3 Å². The largest absolute Gasteiger partial charge is 0.399 e. The van der Waals surface area contributed by atoms with Gasteiger partial charge in [0.15, 0.2) is 0 Å². The molecule has 0 radical (unpaired) electrons. The van der Waals surface area contributed by atoms with Gasteiger partial charge in [0.05, 0.1) is 6.54 Å². The first-order chi connectivity index (χ1) is 9.55. The molecule has 20 heavy (non-hydrogen) atoms. The number of rotatable bonds is 8. The van der Waals surface area contributed by atoms with Crippen molar-refractivity contribution in [1.29, 1.82) is 0 Å². The summed E-state index contributed by atoms with van der Waals surface area (Å²) < 4.78 is 0. The first-order valence-corrected chi connectivity index (χ1v) is 7.41. The van der Waals surface area contributed by atoms with Gasteiger partial charge in [-0.05, 0) is 37.6 Å². The van der Waals surface area contributed by atoms with Crippen molar-refractivity contribution in [3.05, 3.63) is 29.8 Å². The maximum absolute atomic E-state index is 12.0. The lowest BCUT2D eigenvalue weighted by molar-refractivity contribution is -0.123. The van der Waals surface area contributed by atoms with Crippen LogP contribution in [0, 0.1) is 0 Å². The van der Waals surface area contributed by atoms with Gasteiger partial charge in [0.2, 0.25) is 5.91 Å². The molecule has 1 aromatic carbocycles. The topological polar surface area (TPSA) is 58.4 Å². The molecular formula is C16H27N3O.